The van der Waals surface area contributed by atoms with Crippen molar-refractivity contribution in [2.75, 3.05) is 0 Å². The molecule has 0 amide bonds. The standard InChI is InChI=1S/C45H25N5/c1-48-34-18-21-38-40-25-30(28-47)11-23-44(40)50(45(38)26-34)43-22-10-29(27-46)24-39(43)33-14-12-31(13-15-33)32-16-19-35(20-17-32)49-41-8-4-2-6-36(41)37-7-3-5-9-42(37)49/h2-26H. The van der Waals surface area contributed by atoms with Crippen LogP contribution < -0.4 is 0 Å². The third-order valence-electron chi connectivity index (χ3n) is 9.61. The summed E-state index contributed by atoms with van der Waals surface area (Å²) in [4.78, 5) is 3.69. The van der Waals surface area contributed by atoms with E-state index in [0.717, 1.165) is 55.4 Å². The van der Waals surface area contributed by atoms with E-state index in [-0.39, 0.29) is 0 Å². The van der Waals surface area contributed by atoms with Gasteiger partial charge in [0.1, 0.15) is 0 Å². The van der Waals surface area contributed by atoms with Gasteiger partial charge in [-0.25, -0.2) is 4.85 Å². The van der Waals surface area contributed by atoms with Crippen molar-refractivity contribution in [1.82, 2.24) is 9.13 Å². The molecule has 50 heavy (non-hydrogen) atoms. The molecule has 9 aromatic rings. The predicted octanol–water partition coefficient (Wildman–Crippen LogP) is 11.5. The van der Waals surface area contributed by atoms with Gasteiger partial charge in [-0.2, -0.15) is 10.5 Å². The average molecular weight is 636 g/mol. The summed E-state index contributed by atoms with van der Waals surface area (Å²) in [6.07, 6.45) is 0. The molecule has 2 heterocycles. The summed E-state index contributed by atoms with van der Waals surface area (Å²) < 4.78 is 4.45. The minimum Gasteiger partial charge on any atom is -0.310 e. The number of rotatable bonds is 4. The highest BCUT2D eigenvalue weighted by molar-refractivity contribution is 6.11. The van der Waals surface area contributed by atoms with E-state index in [9.17, 15) is 10.5 Å². The summed E-state index contributed by atoms with van der Waals surface area (Å²) in [6.45, 7) is 7.66. The fourth-order valence-corrected chi connectivity index (χ4v) is 7.29. The normalized spacial score (nSPS) is 11.1. The van der Waals surface area contributed by atoms with Crippen molar-refractivity contribution in [3.63, 3.8) is 0 Å². The summed E-state index contributed by atoms with van der Waals surface area (Å²) in [5.74, 6) is 0. The Kier molecular flexibility index (Phi) is 6.56. The van der Waals surface area contributed by atoms with E-state index < -0.39 is 0 Å². The molecule has 0 aliphatic rings. The van der Waals surface area contributed by atoms with Crippen LogP contribution in [0.15, 0.2) is 152 Å². The number of hydrogen-bond acceptors (Lipinski definition) is 2. The molecule has 0 unspecified atom stereocenters. The van der Waals surface area contributed by atoms with Gasteiger partial charge in [0.25, 0.3) is 0 Å². The second-order valence-corrected chi connectivity index (χ2v) is 12.3. The van der Waals surface area contributed by atoms with Gasteiger partial charge in [0.2, 0.25) is 0 Å². The summed E-state index contributed by atoms with van der Waals surface area (Å²) in [6, 6.07) is 55.8. The number of hydrogen-bond donors (Lipinski definition) is 0. The van der Waals surface area contributed by atoms with Crippen LogP contribution >= 0.6 is 0 Å². The molecule has 5 heteroatoms. The largest absolute Gasteiger partial charge is 0.310 e. The first-order valence-electron chi connectivity index (χ1n) is 16.2. The van der Waals surface area contributed by atoms with Crippen molar-refractivity contribution < 1.29 is 0 Å². The molecule has 0 saturated heterocycles. The number of fused-ring (bicyclic) bond motifs is 6. The van der Waals surface area contributed by atoms with E-state index in [1.807, 2.05) is 54.6 Å². The van der Waals surface area contributed by atoms with Gasteiger partial charge >= 0.3 is 0 Å². The number of nitriles is 2. The third kappa shape index (κ3) is 4.45. The van der Waals surface area contributed by atoms with Gasteiger partial charge in [-0.1, -0.05) is 84.9 Å². The average Bonchev–Trinajstić information content (AvgIpc) is 3.69. The van der Waals surface area contributed by atoms with Crippen LogP contribution in [0.1, 0.15) is 11.1 Å². The topological polar surface area (TPSA) is 61.8 Å². The quantitative estimate of drug-likeness (QED) is 0.181. The second-order valence-electron chi connectivity index (χ2n) is 12.3. The van der Waals surface area contributed by atoms with Crippen molar-refractivity contribution in [2.45, 2.75) is 0 Å². The lowest BCUT2D eigenvalue weighted by atomic mass is 9.97. The third-order valence-corrected chi connectivity index (χ3v) is 9.61. The minimum atomic E-state index is 0.533. The van der Waals surface area contributed by atoms with Crippen molar-refractivity contribution in [3.05, 3.63) is 174 Å². The Hall–Kier alpha value is -7.39. The Morgan fingerprint density at radius 2 is 1.02 bits per heavy atom. The van der Waals surface area contributed by atoms with Crippen LogP contribution in [0.25, 0.3) is 82.1 Å². The maximum absolute atomic E-state index is 9.88. The zero-order chi connectivity index (χ0) is 33.8. The first-order valence-corrected chi connectivity index (χ1v) is 16.2. The van der Waals surface area contributed by atoms with Crippen LogP contribution in [0, 0.1) is 29.2 Å². The van der Waals surface area contributed by atoms with Crippen LogP contribution in [-0.2, 0) is 0 Å². The molecule has 230 valence electrons. The molecule has 2 aromatic heterocycles. The molecule has 0 aliphatic carbocycles. The summed E-state index contributed by atoms with van der Waals surface area (Å²) in [5.41, 5.74) is 11.9. The molecule has 5 nitrogen and oxygen atoms in total. The van der Waals surface area contributed by atoms with Crippen molar-refractivity contribution in [1.29, 1.82) is 10.5 Å². The van der Waals surface area contributed by atoms with Crippen molar-refractivity contribution in [3.8, 4) is 45.8 Å². The summed E-state index contributed by atoms with van der Waals surface area (Å²) in [7, 11) is 0. The maximum atomic E-state index is 9.88. The Morgan fingerprint density at radius 1 is 0.460 bits per heavy atom. The molecular formula is C45H25N5. The fourth-order valence-electron chi connectivity index (χ4n) is 7.29. The molecule has 9 rings (SSSR count). The van der Waals surface area contributed by atoms with Crippen molar-refractivity contribution >= 4 is 49.3 Å². The zero-order valence-electron chi connectivity index (χ0n) is 26.7. The van der Waals surface area contributed by atoms with Gasteiger partial charge in [-0.15, -0.1) is 0 Å². The lowest BCUT2D eigenvalue weighted by molar-refractivity contribution is 1.18. The molecule has 0 N–H and O–H groups in total. The van der Waals surface area contributed by atoms with E-state index in [1.54, 1.807) is 0 Å². The van der Waals surface area contributed by atoms with Crippen LogP contribution in [0.2, 0.25) is 0 Å². The Bertz CT molecular complexity index is 2890. The highest BCUT2D eigenvalue weighted by atomic mass is 15.0. The Balaban J connectivity index is 1.14. The molecular weight excluding hydrogens is 611 g/mol. The first-order chi connectivity index (χ1) is 24.6. The van der Waals surface area contributed by atoms with E-state index in [0.29, 0.717) is 16.8 Å². The number of aromatic nitrogens is 2. The van der Waals surface area contributed by atoms with Gasteiger partial charge in [0.05, 0.1) is 52.1 Å². The Morgan fingerprint density at radius 3 is 1.68 bits per heavy atom. The van der Waals surface area contributed by atoms with E-state index in [1.165, 1.54) is 21.8 Å². The highest BCUT2D eigenvalue weighted by Crippen LogP contribution is 2.39. The van der Waals surface area contributed by atoms with Crippen LogP contribution in [0.3, 0.4) is 0 Å². The molecule has 0 atom stereocenters. The zero-order valence-corrected chi connectivity index (χ0v) is 26.7. The smallest absolute Gasteiger partial charge is 0.189 e. The Labute approximate surface area is 288 Å². The maximum Gasteiger partial charge on any atom is 0.189 e. The van der Waals surface area contributed by atoms with Gasteiger partial charge in [0, 0.05) is 38.3 Å². The van der Waals surface area contributed by atoms with E-state index in [4.69, 9.17) is 6.57 Å². The SMILES string of the molecule is [C-]#[N+]c1ccc2c3cc(C#N)ccc3n(-c3ccc(C#N)cc3-c3ccc(-c4ccc(-n5c6ccccc6c6ccccc65)cc4)cc3)c2c1. The molecule has 0 spiro atoms. The van der Waals surface area contributed by atoms with E-state index in [2.05, 4.69) is 123 Å². The van der Waals surface area contributed by atoms with Crippen LogP contribution in [0.5, 0.6) is 0 Å². The minimum absolute atomic E-state index is 0.533. The fraction of sp³-hybridized carbons (Fsp3) is 0. The number of nitrogens with zero attached hydrogens (tertiary/aromatic N) is 5. The van der Waals surface area contributed by atoms with Gasteiger partial charge in [-0.05, 0) is 83.4 Å². The molecule has 0 aliphatic heterocycles. The second kappa shape index (κ2) is 11.4. The predicted molar refractivity (Wildman–Crippen MR) is 202 cm³/mol. The van der Waals surface area contributed by atoms with Gasteiger partial charge < -0.3 is 9.13 Å². The lowest BCUT2D eigenvalue weighted by Gasteiger charge is -2.15. The van der Waals surface area contributed by atoms with Crippen LogP contribution in [-0.4, -0.2) is 9.13 Å². The van der Waals surface area contributed by atoms with Gasteiger partial charge in [-0.3, -0.25) is 0 Å². The van der Waals surface area contributed by atoms with Gasteiger partial charge in [0.15, 0.2) is 5.69 Å². The van der Waals surface area contributed by atoms with E-state index >= 15 is 0 Å². The molecule has 0 saturated carbocycles. The van der Waals surface area contributed by atoms with Crippen molar-refractivity contribution in [2.24, 2.45) is 0 Å². The first kappa shape index (κ1) is 28.8. The lowest BCUT2D eigenvalue weighted by Crippen LogP contribution is -1.98. The monoisotopic (exact) mass is 635 g/mol. The number of para-hydroxylation sites is 2. The number of benzene rings is 7. The molecule has 7 aromatic carbocycles. The molecule has 0 bridgehead atoms. The summed E-state index contributed by atoms with van der Waals surface area (Å²) >= 11 is 0. The summed E-state index contributed by atoms with van der Waals surface area (Å²) in [5, 5.41) is 23.9. The molecule has 0 fully saturated rings. The van der Waals surface area contributed by atoms with Crippen LogP contribution in [0.4, 0.5) is 5.69 Å². The highest BCUT2D eigenvalue weighted by Gasteiger charge is 2.18. The molecule has 0 radical (unpaired) electrons.